The molecule has 1 N–H and O–H groups in total. The highest BCUT2D eigenvalue weighted by Crippen LogP contribution is 2.22. The lowest BCUT2D eigenvalue weighted by Gasteiger charge is -2.09. The van der Waals surface area contributed by atoms with Crippen molar-refractivity contribution in [2.24, 2.45) is 0 Å². The first kappa shape index (κ1) is 16.5. The number of hydrogen-bond donors (Lipinski definition) is 1. The van der Waals surface area contributed by atoms with Crippen molar-refractivity contribution in [3.63, 3.8) is 0 Å². The van der Waals surface area contributed by atoms with Crippen LogP contribution in [0, 0.1) is 0 Å². The molecular formula is C21H15BrN2O2. The van der Waals surface area contributed by atoms with Crippen LogP contribution in [0.5, 0.6) is 5.75 Å². The molecule has 1 heterocycles. The monoisotopic (exact) mass is 406 g/mol. The fraction of sp³-hybridized carbons (Fsp3) is 0.0476. The Morgan fingerprint density at radius 1 is 0.923 bits per heavy atom. The Bertz CT molecular complexity index is 1120. The summed E-state index contributed by atoms with van der Waals surface area (Å²) in [6.07, 6.45) is 0. The standard InChI is InChI=1S/C21H15BrN2O2/c22-18-7-3-1-5-15(18)13-26-16-11-9-14(10-12-16)20-23-19-8-4-2-6-17(19)21(25)24-20/h1-12H,13H2,(H,23,24,25). The summed E-state index contributed by atoms with van der Waals surface area (Å²) < 4.78 is 6.86. The first-order chi connectivity index (χ1) is 12.7. The minimum atomic E-state index is -0.139. The summed E-state index contributed by atoms with van der Waals surface area (Å²) in [4.78, 5) is 19.6. The topological polar surface area (TPSA) is 55.0 Å². The highest BCUT2D eigenvalue weighted by Gasteiger charge is 2.06. The molecule has 0 atom stereocenters. The van der Waals surface area contributed by atoms with Gasteiger partial charge in [-0.1, -0.05) is 46.3 Å². The van der Waals surface area contributed by atoms with Crippen LogP contribution in [0.15, 0.2) is 82.1 Å². The van der Waals surface area contributed by atoms with E-state index in [-0.39, 0.29) is 5.56 Å². The van der Waals surface area contributed by atoms with Crippen molar-refractivity contribution in [1.82, 2.24) is 9.97 Å². The lowest BCUT2D eigenvalue weighted by atomic mass is 10.2. The van der Waals surface area contributed by atoms with Crippen molar-refractivity contribution in [2.75, 3.05) is 0 Å². The third-order valence-electron chi connectivity index (χ3n) is 4.09. The summed E-state index contributed by atoms with van der Waals surface area (Å²) in [5, 5.41) is 0.588. The fourth-order valence-electron chi connectivity index (χ4n) is 2.71. The van der Waals surface area contributed by atoms with Crippen LogP contribution in [0.2, 0.25) is 0 Å². The average Bonchev–Trinajstić information content (AvgIpc) is 2.68. The molecule has 0 aliphatic heterocycles. The number of nitrogens with zero attached hydrogens (tertiary/aromatic N) is 1. The Morgan fingerprint density at radius 3 is 2.46 bits per heavy atom. The summed E-state index contributed by atoms with van der Waals surface area (Å²) >= 11 is 3.52. The largest absolute Gasteiger partial charge is 0.489 e. The van der Waals surface area contributed by atoms with E-state index in [0.717, 1.165) is 21.3 Å². The number of fused-ring (bicyclic) bond motifs is 1. The molecule has 0 aliphatic rings. The van der Waals surface area contributed by atoms with E-state index >= 15 is 0 Å². The number of aromatic amines is 1. The van der Waals surface area contributed by atoms with Gasteiger partial charge >= 0.3 is 0 Å². The fourth-order valence-corrected chi connectivity index (χ4v) is 3.11. The van der Waals surface area contributed by atoms with Crippen molar-refractivity contribution >= 4 is 26.8 Å². The summed E-state index contributed by atoms with van der Waals surface area (Å²) in [7, 11) is 0. The zero-order chi connectivity index (χ0) is 17.9. The van der Waals surface area contributed by atoms with Crippen LogP contribution >= 0.6 is 15.9 Å². The van der Waals surface area contributed by atoms with Crippen LogP contribution in [0.4, 0.5) is 0 Å². The molecule has 26 heavy (non-hydrogen) atoms. The molecule has 1 aromatic heterocycles. The maximum atomic E-state index is 12.2. The molecule has 3 aromatic carbocycles. The maximum absolute atomic E-state index is 12.2. The van der Waals surface area contributed by atoms with Gasteiger partial charge < -0.3 is 9.72 Å². The van der Waals surface area contributed by atoms with Crippen molar-refractivity contribution in [3.05, 3.63) is 93.2 Å². The molecule has 4 aromatic rings. The van der Waals surface area contributed by atoms with Gasteiger partial charge in [-0.15, -0.1) is 0 Å². The molecule has 0 amide bonds. The SMILES string of the molecule is O=c1[nH]c(-c2ccc(OCc3ccccc3Br)cc2)nc2ccccc12. The summed E-state index contributed by atoms with van der Waals surface area (Å²) in [5.41, 5.74) is 2.46. The van der Waals surface area contributed by atoms with E-state index in [0.29, 0.717) is 23.3 Å². The van der Waals surface area contributed by atoms with Crippen molar-refractivity contribution in [1.29, 1.82) is 0 Å². The number of rotatable bonds is 4. The zero-order valence-electron chi connectivity index (χ0n) is 13.8. The number of benzene rings is 3. The predicted molar refractivity (Wildman–Crippen MR) is 106 cm³/mol. The third-order valence-corrected chi connectivity index (χ3v) is 4.87. The molecule has 0 spiro atoms. The molecule has 128 valence electrons. The number of aromatic nitrogens is 2. The molecular weight excluding hydrogens is 392 g/mol. The predicted octanol–water partition coefficient (Wildman–Crippen LogP) is 4.93. The Hall–Kier alpha value is -2.92. The van der Waals surface area contributed by atoms with Gasteiger partial charge in [0.25, 0.3) is 5.56 Å². The number of nitrogens with one attached hydrogen (secondary N) is 1. The number of para-hydroxylation sites is 1. The van der Waals surface area contributed by atoms with Gasteiger partial charge in [0.15, 0.2) is 0 Å². The lowest BCUT2D eigenvalue weighted by Crippen LogP contribution is -2.09. The summed E-state index contributed by atoms with van der Waals surface area (Å²) in [5.74, 6) is 1.30. The molecule has 4 rings (SSSR count). The second-order valence-corrected chi connectivity index (χ2v) is 6.69. The van der Waals surface area contributed by atoms with Crippen LogP contribution in [0.25, 0.3) is 22.3 Å². The van der Waals surface area contributed by atoms with Gasteiger partial charge in [-0.3, -0.25) is 4.79 Å². The minimum Gasteiger partial charge on any atom is -0.489 e. The average molecular weight is 407 g/mol. The third kappa shape index (κ3) is 3.39. The molecule has 0 saturated heterocycles. The first-order valence-electron chi connectivity index (χ1n) is 8.16. The van der Waals surface area contributed by atoms with Crippen molar-refractivity contribution in [3.8, 4) is 17.1 Å². The van der Waals surface area contributed by atoms with E-state index in [1.807, 2.05) is 66.7 Å². The van der Waals surface area contributed by atoms with Gasteiger partial charge in [-0.2, -0.15) is 0 Å². The molecule has 0 unspecified atom stereocenters. The van der Waals surface area contributed by atoms with Gasteiger partial charge in [-0.05, 0) is 42.5 Å². The van der Waals surface area contributed by atoms with E-state index in [9.17, 15) is 4.79 Å². The van der Waals surface area contributed by atoms with E-state index in [1.54, 1.807) is 6.07 Å². The maximum Gasteiger partial charge on any atom is 0.259 e. The molecule has 0 aliphatic carbocycles. The Balaban J connectivity index is 1.56. The van der Waals surface area contributed by atoms with Gasteiger partial charge in [0.1, 0.15) is 18.2 Å². The van der Waals surface area contributed by atoms with Gasteiger partial charge in [0.2, 0.25) is 0 Å². The molecule has 0 bridgehead atoms. The minimum absolute atomic E-state index is 0.139. The molecule has 5 heteroatoms. The van der Waals surface area contributed by atoms with Gasteiger partial charge in [0.05, 0.1) is 10.9 Å². The van der Waals surface area contributed by atoms with Crippen molar-refractivity contribution < 1.29 is 4.74 Å². The number of hydrogen-bond acceptors (Lipinski definition) is 3. The second-order valence-electron chi connectivity index (χ2n) is 5.84. The molecule has 0 saturated carbocycles. The molecule has 4 nitrogen and oxygen atoms in total. The quantitative estimate of drug-likeness (QED) is 0.522. The Kier molecular flexibility index (Phi) is 4.54. The highest BCUT2D eigenvalue weighted by molar-refractivity contribution is 9.10. The smallest absolute Gasteiger partial charge is 0.259 e. The molecule has 0 fully saturated rings. The first-order valence-corrected chi connectivity index (χ1v) is 8.96. The Morgan fingerprint density at radius 2 is 1.65 bits per heavy atom. The summed E-state index contributed by atoms with van der Waals surface area (Å²) in [6.45, 7) is 0.478. The van der Waals surface area contributed by atoms with E-state index in [1.165, 1.54) is 0 Å². The highest BCUT2D eigenvalue weighted by atomic mass is 79.9. The van der Waals surface area contributed by atoms with E-state index < -0.39 is 0 Å². The van der Waals surface area contributed by atoms with Gasteiger partial charge in [-0.25, -0.2) is 4.98 Å². The van der Waals surface area contributed by atoms with Crippen LogP contribution in [0.3, 0.4) is 0 Å². The van der Waals surface area contributed by atoms with Crippen LogP contribution < -0.4 is 10.3 Å². The normalized spacial score (nSPS) is 10.8. The number of halogens is 1. The second kappa shape index (κ2) is 7.14. The van der Waals surface area contributed by atoms with Gasteiger partial charge in [0, 0.05) is 15.6 Å². The van der Waals surface area contributed by atoms with E-state index in [4.69, 9.17) is 4.74 Å². The lowest BCUT2D eigenvalue weighted by molar-refractivity contribution is 0.305. The van der Waals surface area contributed by atoms with E-state index in [2.05, 4.69) is 25.9 Å². The van der Waals surface area contributed by atoms with Crippen molar-refractivity contribution in [2.45, 2.75) is 6.61 Å². The zero-order valence-corrected chi connectivity index (χ0v) is 15.4. The van der Waals surface area contributed by atoms with Crippen LogP contribution in [-0.2, 0) is 6.61 Å². The number of H-pyrrole nitrogens is 1. The summed E-state index contributed by atoms with van der Waals surface area (Å²) in [6, 6.07) is 22.8. The van der Waals surface area contributed by atoms with Crippen LogP contribution in [0.1, 0.15) is 5.56 Å². The molecule has 0 radical (unpaired) electrons. The van der Waals surface area contributed by atoms with Crippen LogP contribution in [-0.4, -0.2) is 9.97 Å². The Labute approximate surface area is 158 Å². The number of ether oxygens (including phenoxy) is 1.